The van der Waals surface area contributed by atoms with Crippen LogP contribution in [0.2, 0.25) is 0 Å². The third-order valence-corrected chi connectivity index (χ3v) is 3.88. The molecule has 106 valence electrons. The Labute approximate surface area is 119 Å². The maximum atomic E-state index is 5.53. The normalized spacial score (nSPS) is 18.2. The van der Waals surface area contributed by atoms with Gasteiger partial charge in [0.1, 0.15) is 0 Å². The standard InChI is InChI=1S/C15H20N4O/c1-12(15-17-16-13(2)20-15)18-8-10-19(11-9-18)14-6-4-3-5-7-14/h3-7,12H,8-11H2,1-2H3. The zero-order chi connectivity index (χ0) is 13.9. The minimum atomic E-state index is 0.189. The molecule has 1 aliphatic rings. The van der Waals surface area contributed by atoms with E-state index in [2.05, 4.69) is 57.3 Å². The monoisotopic (exact) mass is 272 g/mol. The van der Waals surface area contributed by atoms with Crippen molar-refractivity contribution >= 4 is 5.69 Å². The molecular weight excluding hydrogens is 252 g/mol. The van der Waals surface area contributed by atoms with Gasteiger partial charge in [-0.05, 0) is 19.1 Å². The summed E-state index contributed by atoms with van der Waals surface area (Å²) < 4.78 is 5.53. The lowest BCUT2D eigenvalue weighted by atomic mass is 10.2. The molecule has 1 aromatic heterocycles. The van der Waals surface area contributed by atoms with Crippen molar-refractivity contribution in [1.29, 1.82) is 0 Å². The van der Waals surface area contributed by atoms with Crippen molar-refractivity contribution in [3.05, 3.63) is 42.1 Å². The predicted molar refractivity (Wildman–Crippen MR) is 77.7 cm³/mol. The number of nitrogens with zero attached hydrogens (tertiary/aromatic N) is 4. The molecule has 2 heterocycles. The Morgan fingerprint density at radius 2 is 1.75 bits per heavy atom. The van der Waals surface area contributed by atoms with Crippen LogP contribution in [0.15, 0.2) is 34.7 Å². The summed E-state index contributed by atoms with van der Waals surface area (Å²) in [5.41, 5.74) is 1.30. The van der Waals surface area contributed by atoms with Crippen LogP contribution in [0.3, 0.4) is 0 Å². The van der Waals surface area contributed by atoms with E-state index < -0.39 is 0 Å². The first-order valence-electron chi connectivity index (χ1n) is 7.08. The molecule has 1 fully saturated rings. The van der Waals surface area contributed by atoms with Crippen molar-refractivity contribution in [2.24, 2.45) is 0 Å². The van der Waals surface area contributed by atoms with Gasteiger partial charge in [0, 0.05) is 38.8 Å². The minimum absolute atomic E-state index is 0.189. The molecule has 0 N–H and O–H groups in total. The van der Waals surface area contributed by atoms with Crippen molar-refractivity contribution in [2.45, 2.75) is 19.9 Å². The molecule has 5 nitrogen and oxygen atoms in total. The van der Waals surface area contributed by atoms with Crippen LogP contribution in [0, 0.1) is 6.92 Å². The molecule has 0 saturated carbocycles. The largest absolute Gasteiger partial charge is 0.424 e. The number of hydrogen-bond donors (Lipinski definition) is 0. The Hall–Kier alpha value is -1.88. The summed E-state index contributed by atoms with van der Waals surface area (Å²) >= 11 is 0. The Balaban J connectivity index is 1.61. The van der Waals surface area contributed by atoms with Crippen LogP contribution in [0.4, 0.5) is 5.69 Å². The van der Waals surface area contributed by atoms with E-state index in [-0.39, 0.29) is 6.04 Å². The predicted octanol–water partition coefficient (Wildman–Crippen LogP) is 2.26. The molecule has 1 atom stereocenters. The van der Waals surface area contributed by atoms with Gasteiger partial charge < -0.3 is 9.32 Å². The van der Waals surface area contributed by atoms with Crippen LogP contribution >= 0.6 is 0 Å². The number of anilines is 1. The van der Waals surface area contributed by atoms with E-state index >= 15 is 0 Å². The van der Waals surface area contributed by atoms with Crippen LogP contribution in [0.25, 0.3) is 0 Å². The van der Waals surface area contributed by atoms with E-state index in [4.69, 9.17) is 4.42 Å². The van der Waals surface area contributed by atoms with Crippen molar-refractivity contribution in [3.8, 4) is 0 Å². The van der Waals surface area contributed by atoms with E-state index in [1.165, 1.54) is 5.69 Å². The van der Waals surface area contributed by atoms with Gasteiger partial charge in [0.2, 0.25) is 11.8 Å². The molecule has 0 radical (unpaired) electrons. The second kappa shape index (κ2) is 5.63. The summed E-state index contributed by atoms with van der Waals surface area (Å²) in [6.45, 7) is 8.04. The molecule has 5 heteroatoms. The van der Waals surface area contributed by atoms with Crippen molar-refractivity contribution < 1.29 is 4.42 Å². The first-order chi connectivity index (χ1) is 9.74. The molecular formula is C15H20N4O. The van der Waals surface area contributed by atoms with E-state index in [1.807, 2.05) is 6.92 Å². The van der Waals surface area contributed by atoms with Crippen molar-refractivity contribution in [1.82, 2.24) is 15.1 Å². The highest BCUT2D eigenvalue weighted by Gasteiger charge is 2.25. The maximum absolute atomic E-state index is 5.53. The summed E-state index contributed by atoms with van der Waals surface area (Å²) in [6.07, 6.45) is 0. The summed E-state index contributed by atoms with van der Waals surface area (Å²) in [5.74, 6) is 1.35. The third kappa shape index (κ3) is 2.67. The van der Waals surface area contributed by atoms with E-state index in [0.29, 0.717) is 5.89 Å². The van der Waals surface area contributed by atoms with E-state index in [1.54, 1.807) is 0 Å². The Bertz CT molecular complexity index is 546. The van der Waals surface area contributed by atoms with Crippen LogP contribution in [-0.4, -0.2) is 41.3 Å². The summed E-state index contributed by atoms with van der Waals surface area (Å²) in [7, 11) is 0. The topological polar surface area (TPSA) is 45.4 Å². The molecule has 0 aliphatic carbocycles. The summed E-state index contributed by atoms with van der Waals surface area (Å²) in [6, 6.07) is 10.8. The van der Waals surface area contributed by atoms with Gasteiger partial charge in [0.05, 0.1) is 6.04 Å². The van der Waals surface area contributed by atoms with E-state index in [0.717, 1.165) is 32.1 Å². The second-order valence-electron chi connectivity index (χ2n) is 5.19. The molecule has 0 bridgehead atoms. The van der Waals surface area contributed by atoms with Crippen LogP contribution in [0.1, 0.15) is 24.7 Å². The first-order valence-corrected chi connectivity index (χ1v) is 7.08. The smallest absolute Gasteiger partial charge is 0.233 e. The SMILES string of the molecule is Cc1nnc(C(C)N2CCN(c3ccccc3)CC2)o1. The second-order valence-corrected chi connectivity index (χ2v) is 5.19. The molecule has 3 rings (SSSR count). The molecule has 1 aliphatic heterocycles. The Morgan fingerprint density at radius 3 is 2.35 bits per heavy atom. The van der Waals surface area contributed by atoms with Gasteiger partial charge in [0.25, 0.3) is 0 Å². The highest BCUT2D eigenvalue weighted by Crippen LogP contribution is 2.22. The zero-order valence-electron chi connectivity index (χ0n) is 12.0. The molecule has 20 heavy (non-hydrogen) atoms. The van der Waals surface area contributed by atoms with Gasteiger partial charge in [-0.1, -0.05) is 18.2 Å². The molecule has 1 aromatic carbocycles. The fraction of sp³-hybridized carbons (Fsp3) is 0.467. The zero-order valence-corrected chi connectivity index (χ0v) is 12.0. The Kier molecular flexibility index (Phi) is 3.69. The highest BCUT2D eigenvalue weighted by molar-refractivity contribution is 5.46. The molecule has 0 spiro atoms. The lowest BCUT2D eigenvalue weighted by Gasteiger charge is -2.38. The number of piperazine rings is 1. The average Bonchev–Trinajstić information content (AvgIpc) is 2.94. The number of aryl methyl sites for hydroxylation is 1. The maximum Gasteiger partial charge on any atom is 0.233 e. The minimum Gasteiger partial charge on any atom is -0.424 e. The molecule has 2 aromatic rings. The number of aromatic nitrogens is 2. The first kappa shape index (κ1) is 13.1. The quantitative estimate of drug-likeness (QED) is 0.857. The molecule has 1 saturated heterocycles. The number of para-hydroxylation sites is 1. The Morgan fingerprint density at radius 1 is 1.05 bits per heavy atom. The highest BCUT2D eigenvalue weighted by atomic mass is 16.4. The lowest BCUT2D eigenvalue weighted by Crippen LogP contribution is -2.47. The number of hydrogen-bond acceptors (Lipinski definition) is 5. The van der Waals surface area contributed by atoms with Gasteiger partial charge >= 0.3 is 0 Å². The van der Waals surface area contributed by atoms with Gasteiger partial charge in [-0.15, -0.1) is 10.2 Å². The van der Waals surface area contributed by atoms with Gasteiger partial charge in [-0.25, -0.2) is 0 Å². The number of rotatable bonds is 3. The van der Waals surface area contributed by atoms with Crippen LogP contribution < -0.4 is 4.90 Å². The average molecular weight is 272 g/mol. The third-order valence-electron chi connectivity index (χ3n) is 3.88. The summed E-state index contributed by atoms with van der Waals surface area (Å²) in [4.78, 5) is 4.81. The van der Waals surface area contributed by atoms with Crippen LogP contribution in [0.5, 0.6) is 0 Å². The van der Waals surface area contributed by atoms with Gasteiger partial charge in [-0.3, -0.25) is 4.90 Å². The number of benzene rings is 1. The van der Waals surface area contributed by atoms with Crippen molar-refractivity contribution in [2.75, 3.05) is 31.1 Å². The fourth-order valence-corrected chi connectivity index (χ4v) is 2.64. The summed E-state index contributed by atoms with van der Waals surface area (Å²) in [5, 5.41) is 8.04. The lowest BCUT2D eigenvalue weighted by molar-refractivity contribution is 0.172. The van der Waals surface area contributed by atoms with Gasteiger partial charge in [0.15, 0.2) is 0 Å². The fourth-order valence-electron chi connectivity index (χ4n) is 2.64. The van der Waals surface area contributed by atoms with Crippen molar-refractivity contribution in [3.63, 3.8) is 0 Å². The van der Waals surface area contributed by atoms with E-state index in [9.17, 15) is 0 Å². The molecule has 0 amide bonds. The van der Waals surface area contributed by atoms with Gasteiger partial charge in [-0.2, -0.15) is 0 Å². The molecule has 1 unspecified atom stereocenters. The van der Waals surface area contributed by atoms with Crippen LogP contribution in [-0.2, 0) is 0 Å².